The SMILES string of the molecule is CC(C)(C)OC(=O)C(N)C1CCN(CCCN2c3ccccc3Sc3ccc(C(F)(F)F)cc32)CC1. The molecule has 9 heteroatoms. The van der Waals surface area contributed by atoms with E-state index in [4.69, 9.17) is 10.5 Å². The Morgan fingerprint density at radius 2 is 1.72 bits per heavy atom. The number of anilines is 2. The fourth-order valence-corrected chi connectivity index (χ4v) is 5.87. The summed E-state index contributed by atoms with van der Waals surface area (Å²) < 4.78 is 45.7. The molecular weight excluding hydrogens is 487 g/mol. The van der Waals surface area contributed by atoms with Crippen molar-refractivity contribution in [2.24, 2.45) is 11.7 Å². The van der Waals surface area contributed by atoms with Gasteiger partial charge in [-0.2, -0.15) is 13.2 Å². The molecule has 0 aromatic heterocycles. The van der Waals surface area contributed by atoms with Gasteiger partial charge in [-0.15, -0.1) is 0 Å². The van der Waals surface area contributed by atoms with E-state index in [1.165, 1.54) is 17.8 Å². The second-order valence-electron chi connectivity index (χ2n) is 10.5. The number of carbonyl (C=O) groups excluding carboxylic acids is 1. The highest BCUT2D eigenvalue weighted by atomic mass is 32.2. The molecule has 2 aliphatic heterocycles. The van der Waals surface area contributed by atoms with Gasteiger partial charge in [-0.1, -0.05) is 23.9 Å². The first-order chi connectivity index (χ1) is 16.9. The predicted octanol–water partition coefficient (Wildman–Crippen LogP) is 6.08. The average Bonchev–Trinajstić information content (AvgIpc) is 2.81. The van der Waals surface area contributed by atoms with E-state index in [2.05, 4.69) is 4.90 Å². The van der Waals surface area contributed by atoms with Gasteiger partial charge in [-0.05, 0) is 95.9 Å². The van der Waals surface area contributed by atoms with Crippen LogP contribution in [0, 0.1) is 5.92 Å². The molecular formula is C27H34F3N3O2S. The molecule has 2 heterocycles. The van der Waals surface area contributed by atoms with Gasteiger partial charge in [0.1, 0.15) is 11.6 Å². The standard InChI is InChI=1S/C27H34F3N3O2S/c1-26(2,3)35-25(34)24(31)18-11-15-32(16-12-18)13-6-14-33-20-7-4-5-8-22(20)36-23-10-9-19(17-21(23)33)27(28,29)30/h4-5,7-10,17-18,24H,6,11-16,31H2,1-3H3. The fourth-order valence-electron chi connectivity index (χ4n) is 4.80. The van der Waals surface area contributed by atoms with Crippen LogP contribution in [-0.4, -0.2) is 48.7 Å². The van der Waals surface area contributed by atoms with Gasteiger partial charge in [-0.25, -0.2) is 0 Å². The lowest BCUT2D eigenvalue weighted by atomic mass is 9.89. The van der Waals surface area contributed by atoms with Crippen molar-refractivity contribution in [2.45, 2.75) is 67.6 Å². The van der Waals surface area contributed by atoms with Crippen LogP contribution in [0.5, 0.6) is 0 Å². The second-order valence-corrected chi connectivity index (χ2v) is 11.6. The topological polar surface area (TPSA) is 58.8 Å². The van der Waals surface area contributed by atoms with E-state index >= 15 is 0 Å². The molecule has 0 bridgehead atoms. The number of halogens is 3. The zero-order valence-electron chi connectivity index (χ0n) is 21.0. The number of piperidine rings is 1. The fraction of sp³-hybridized carbons (Fsp3) is 0.519. The third-order valence-corrected chi connectivity index (χ3v) is 7.76. The van der Waals surface area contributed by atoms with Crippen molar-refractivity contribution in [3.05, 3.63) is 48.0 Å². The van der Waals surface area contributed by atoms with E-state index < -0.39 is 23.4 Å². The zero-order valence-corrected chi connectivity index (χ0v) is 21.8. The molecule has 4 rings (SSSR count). The second kappa shape index (κ2) is 10.6. The molecule has 1 saturated heterocycles. The van der Waals surface area contributed by atoms with Gasteiger partial charge >= 0.3 is 12.1 Å². The summed E-state index contributed by atoms with van der Waals surface area (Å²) in [5.74, 6) is -0.255. The summed E-state index contributed by atoms with van der Waals surface area (Å²) in [4.78, 5) is 18.6. The molecule has 2 N–H and O–H groups in total. The number of nitrogens with two attached hydrogens (primary N) is 1. The van der Waals surface area contributed by atoms with E-state index in [0.29, 0.717) is 12.2 Å². The highest BCUT2D eigenvalue weighted by Gasteiger charge is 2.34. The lowest BCUT2D eigenvalue weighted by Crippen LogP contribution is -2.47. The maximum atomic E-state index is 13.4. The monoisotopic (exact) mass is 521 g/mol. The molecule has 0 saturated carbocycles. The molecule has 0 amide bonds. The molecule has 2 aromatic rings. The number of hydrogen-bond acceptors (Lipinski definition) is 6. The maximum Gasteiger partial charge on any atom is 0.416 e. The molecule has 2 aromatic carbocycles. The summed E-state index contributed by atoms with van der Waals surface area (Å²) in [5.41, 5.74) is 6.56. The van der Waals surface area contributed by atoms with E-state index in [-0.39, 0.29) is 11.9 Å². The Hall–Kier alpha value is -2.23. The average molecular weight is 522 g/mol. The molecule has 0 spiro atoms. The van der Waals surface area contributed by atoms with Gasteiger partial charge in [0, 0.05) is 16.3 Å². The van der Waals surface area contributed by atoms with E-state index in [1.54, 1.807) is 6.07 Å². The molecule has 0 aliphatic carbocycles. The smallest absolute Gasteiger partial charge is 0.416 e. The van der Waals surface area contributed by atoms with Crippen molar-refractivity contribution >= 4 is 29.1 Å². The number of benzene rings is 2. The molecule has 1 atom stereocenters. The number of hydrogen-bond donors (Lipinski definition) is 1. The van der Waals surface area contributed by atoms with Crippen LogP contribution in [0.25, 0.3) is 0 Å². The minimum absolute atomic E-state index is 0.0924. The summed E-state index contributed by atoms with van der Waals surface area (Å²) >= 11 is 1.51. The number of likely N-dealkylation sites (tertiary alicyclic amines) is 1. The maximum absolute atomic E-state index is 13.4. The van der Waals surface area contributed by atoms with Crippen molar-refractivity contribution in [1.82, 2.24) is 4.90 Å². The number of nitrogens with zero attached hydrogens (tertiary/aromatic N) is 2. The first kappa shape index (κ1) is 26.8. The molecule has 0 radical (unpaired) electrons. The van der Waals surface area contributed by atoms with E-state index in [9.17, 15) is 18.0 Å². The van der Waals surface area contributed by atoms with Crippen LogP contribution < -0.4 is 10.6 Å². The number of fused-ring (bicyclic) bond motifs is 2. The number of rotatable bonds is 6. The minimum Gasteiger partial charge on any atom is -0.459 e. The highest BCUT2D eigenvalue weighted by Crippen LogP contribution is 2.49. The van der Waals surface area contributed by atoms with Gasteiger partial charge < -0.3 is 20.3 Å². The van der Waals surface area contributed by atoms with Crippen molar-refractivity contribution in [3.8, 4) is 0 Å². The van der Waals surface area contributed by atoms with Gasteiger partial charge in [0.15, 0.2) is 0 Å². The summed E-state index contributed by atoms with van der Waals surface area (Å²) in [6.07, 6.45) is -1.94. The van der Waals surface area contributed by atoms with E-state index in [0.717, 1.165) is 60.4 Å². The van der Waals surface area contributed by atoms with Crippen LogP contribution in [-0.2, 0) is 15.7 Å². The third kappa shape index (κ3) is 6.36. The van der Waals surface area contributed by atoms with Crippen molar-refractivity contribution in [2.75, 3.05) is 31.1 Å². The number of alkyl halides is 3. The number of esters is 1. The van der Waals surface area contributed by atoms with Crippen LogP contribution in [0.4, 0.5) is 24.5 Å². The quantitative estimate of drug-likeness (QED) is 0.465. The van der Waals surface area contributed by atoms with Crippen LogP contribution in [0.1, 0.15) is 45.6 Å². The summed E-state index contributed by atoms with van der Waals surface area (Å²) in [6, 6.07) is 11.2. The van der Waals surface area contributed by atoms with Crippen LogP contribution in [0.15, 0.2) is 52.3 Å². The molecule has 2 aliphatic rings. The Labute approximate surface area is 215 Å². The Morgan fingerprint density at radius 3 is 2.39 bits per heavy atom. The Kier molecular flexibility index (Phi) is 7.92. The zero-order chi connectivity index (χ0) is 26.1. The van der Waals surface area contributed by atoms with Crippen LogP contribution in [0.3, 0.4) is 0 Å². The highest BCUT2D eigenvalue weighted by molar-refractivity contribution is 7.99. The summed E-state index contributed by atoms with van der Waals surface area (Å²) in [6.45, 7) is 8.62. The number of para-hydroxylation sites is 1. The van der Waals surface area contributed by atoms with Crippen molar-refractivity contribution in [1.29, 1.82) is 0 Å². The normalized spacial score (nSPS) is 17.9. The van der Waals surface area contributed by atoms with E-state index in [1.807, 2.05) is 49.9 Å². The molecule has 36 heavy (non-hydrogen) atoms. The molecule has 1 unspecified atom stereocenters. The Bertz CT molecular complexity index is 1080. The van der Waals surface area contributed by atoms with Gasteiger partial charge in [-0.3, -0.25) is 4.79 Å². The first-order valence-corrected chi connectivity index (χ1v) is 13.2. The van der Waals surface area contributed by atoms with Gasteiger partial charge in [0.05, 0.1) is 16.9 Å². The summed E-state index contributed by atoms with van der Waals surface area (Å²) in [7, 11) is 0. The Morgan fingerprint density at radius 1 is 1.06 bits per heavy atom. The lowest BCUT2D eigenvalue weighted by Gasteiger charge is -2.36. The van der Waals surface area contributed by atoms with Gasteiger partial charge in [0.2, 0.25) is 0 Å². The summed E-state index contributed by atoms with van der Waals surface area (Å²) in [5, 5.41) is 0. The Balaban J connectivity index is 1.37. The van der Waals surface area contributed by atoms with Gasteiger partial charge in [0.25, 0.3) is 0 Å². The lowest BCUT2D eigenvalue weighted by molar-refractivity contribution is -0.158. The van der Waals surface area contributed by atoms with Crippen molar-refractivity contribution < 1.29 is 22.7 Å². The van der Waals surface area contributed by atoms with Crippen molar-refractivity contribution in [3.63, 3.8) is 0 Å². The molecule has 1 fully saturated rings. The third-order valence-electron chi connectivity index (χ3n) is 6.63. The number of carbonyl (C=O) groups is 1. The largest absolute Gasteiger partial charge is 0.459 e. The molecule has 5 nitrogen and oxygen atoms in total. The number of ether oxygens (including phenoxy) is 1. The predicted molar refractivity (Wildman–Crippen MR) is 137 cm³/mol. The van der Waals surface area contributed by atoms with Crippen LogP contribution in [0.2, 0.25) is 0 Å². The minimum atomic E-state index is -4.38. The first-order valence-electron chi connectivity index (χ1n) is 12.4. The molecule has 196 valence electrons. The van der Waals surface area contributed by atoms with Crippen LogP contribution >= 0.6 is 11.8 Å².